The van der Waals surface area contributed by atoms with Crippen molar-refractivity contribution in [3.05, 3.63) is 83.4 Å². The van der Waals surface area contributed by atoms with Gasteiger partial charge in [0.05, 0.1) is 27.9 Å². The van der Waals surface area contributed by atoms with Gasteiger partial charge >= 0.3 is 0 Å². The van der Waals surface area contributed by atoms with Crippen LogP contribution in [0.5, 0.6) is 0 Å². The van der Waals surface area contributed by atoms with Crippen molar-refractivity contribution < 1.29 is 13.2 Å². The van der Waals surface area contributed by atoms with E-state index < -0.39 is 15.9 Å². The number of benzene rings is 2. The van der Waals surface area contributed by atoms with E-state index in [4.69, 9.17) is 0 Å². The van der Waals surface area contributed by atoms with E-state index in [9.17, 15) is 13.2 Å². The van der Waals surface area contributed by atoms with Crippen LogP contribution in [0.2, 0.25) is 0 Å². The van der Waals surface area contributed by atoms with Gasteiger partial charge in [-0.25, -0.2) is 27.4 Å². The predicted molar refractivity (Wildman–Crippen MR) is 143 cm³/mol. The fourth-order valence-electron chi connectivity index (χ4n) is 4.15. The molecule has 0 aliphatic heterocycles. The molecule has 0 atom stereocenters. The lowest BCUT2D eigenvalue weighted by Crippen LogP contribution is -2.22. The van der Waals surface area contributed by atoms with Gasteiger partial charge in [-0.15, -0.1) is 0 Å². The average molecular weight is 531 g/mol. The third-order valence-electron chi connectivity index (χ3n) is 6.09. The van der Waals surface area contributed by atoms with Gasteiger partial charge in [-0.05, 0) is 56.7 Å². The van der Waals surface area contributed by atoms with Crippen LogP contribution < -0.4 is 5.32 Å². The zero-order valence-corrected chi connectivity index (χ0v) is 22.4. The first-order valence-electron chi connectivity index (χ1n) is 11.7. The Labute approximate surface area is 219 Å². The van der Waals surface area contributed by atoms with Gasteiger partial charge in [-0.1, -0.05) is 17.7 Å². The molecule has 0 unspecified atom stereocenters. The molecule has 0 aliphatic rings. The van der Waals surface area contributed by atoms with Crippen molar-refractivity contribution in [1.29, 1.82) is 0 Å². The molecule has 11 nitrogen and oxygen atoms in total. The minimum Gasteiger partial charge on any atom is -0.306 e. The number of hydrogen-bond acceptors (Lipinski definition) is 7. The molecule has 12 heteroatoms. The molecule has 5 aromatic rings. The summed E-state index contributed by atoms with van der Waals surface area (Å²) >= 11 is 0. The summed E-state index contributed by atoms with van der Waals surface area (Å²) in [6.07, 6.45) is 3.11. The molecule has 0 spiro atoms. The van der Waals surface area contributed by atoms with E-state index in [1.165, 1.54) is 49.4 Å². The minimum atomic E-state index is -3.60. The second-order valence-corrected chi connectivity index (χ2v) is 11.3. The van der Waals surface area contributed by atoms with Gasteiger partial charge in [0.1, 0.15) is 12.1 Å². The highest BCUT2D eigenvalue weighted by atomic mass is 32.2. The predicted octanol–water partition coefficient (Wildman–Crippen LogP) is 3.43. The molecule has 38 heavy (non-hydrogen) atoms. The van der Waals surface area contributed by atoms with Crippen molar-refractivity contribution in [2.45, 2.75) is 25.7 Å². The number of amides is 1. The van der Waals surface area contributed by atoms with Gasteiger partial charge in [0.2, 0.25) is 10.0 Å². The molecule has 0 saturated heterocycles. The van der Waals surface area contributed by atoms with Crippen LogP contribution in [0.4, 0.5) is 5.82 Å². The molecule has 0 radical (unpaired) electrons. The lowest BCUT2D eigenvalue weighted by atomic mass is 10.1. The number of nitrogens with zero attached hydrogens (tertiary/aromatic N) is 7. The Morgan fingerprint density at radius 1 is 0.947 bits per heavy atom. The van der Waals surface area contributed by atoms with Gasteiger partial charge in [0, 0.05) is 25.7 Å². The van der Waals surface area contributed by atoms with E-state index in [1.807, 2.05) is 32.9 Å². The van der Waals surface area contributed by atoms with Gasteiger partial charge in [0.15, 0.2) is 11.5 Å². The standard InChI is InChI=1S/C26H26N8O3S/c1-16-6-11-22(17(2)12-16)33-24-21(14-29-33)25(28-15-27-24)34-23(13-18(3)31-34)30-26(35)19-7-9-20(10-8-19)38(36,37)32(4)5/h6-15H,1-5H3,(H,30,35). The van der Waals surface area contributed by atoms with E-state index >= 15 is 0 Å². The number of carbonyl (C=O) groups is 1. The molecule has 1 N–H and O–H groups in total. The van der Waals surface area contributed by atoms with Crippen LogP contribution in [0.1, 0.15) is 27.2 Å². The minimum absolute atomic E-state index is 0.101. The maximum Gasteiger partial charge on any atom is 0.256 e. The lowest BCUT2D eigenvalue weighted by molar-refractivity contribution is 0.102. The Balaban J connectivity index is 1.49. The van der Waals surface area contributed by atoms with Crippen LogP contribution in [0.25, 0.3) is 22.5 Å². The van der Waals surface area contributed by atoms with Crippen LogP contribution in [0.15, 0.2) is 66.0 Å². The summed E-state index contributed by atoms with van der Waals surface area (Å²) in [7, 11) is -0.689. The molecular weight excluding hydrogens is 504 g/mol. The van der Waals surface area contributed by atoms with Crippen molar-refractivity contribution in [1.82, 2.24) is 33.8 Å². The van der Waals surface area contributed by atoms with Crippen LogP contribution in [0, 0.1) is 20.8 Å². The summed E-state index contributed by atoms with van der Waals surface area (Å²) in [4.78, 5) is 22.1. The van der Waals surface area contributed by atoms with Crippen molar-refractivity contribution in [3.8, 4) is 11.5 Å². The summed E-state index contributed by atoms with van der Waals surface area (Å²) in [5.74, 6) is 0.440. The topological polar surface area (TPSA) is 128 Å². The Hall–Kier alpha value is -4.42. The van der Waals surface area contributed by atoms with Crippen molar-refractivity contribution in [2.75, 3.05) is 19.4 Å². The Morgan fingerprint density at radius 2 is 1.68 bits per heavy atom. The lowest BCUT2D eigenvalue weighted by Gasteiger charge is -2.12. The first-order chi connectivity index (χ1) is 18.1. The molecule has 194 valence electrons. The number of carbonyl (C=O) groups excluding carboxylic acids is 1. The van der Waals surface area contributed by atoms with Crippen LogP contribution >= 0.6 is 0 Å². The molecule has 2 aromatic carbocycles. The molecule has 3 heterocycles. The largest absolute Gasteiger partial charge is 0.306 e. The molecule has 3 aromatic heterocycles. The van der Waals surface area contributed by atoms with E-state index in [0.29, 0.717) is 33.9 Å². The van der Waals surface area contributed by atoms with Gasteiger partial charge in [-0.3, -0.25) is 4.79 Å². The molecule has 0 saturated carbocycles. The van der Waals surface area contributed by atoms with E-state index in [1.54, 1.807) is 16.9 Å². The summed E-state index contributed by atoms with van der Waals surface area (Å²) in [5, 5.41) is 12.6. The van der Waals surface area contributed by atoms with Gasteiger partial charge in [-0.2, -0.15) is 14.9 Å². The van der Waals surface area contributed by atoms with Crippen molar-refractivity contribution >= 4 is 32.8 Å². The number of fused-ring (bicyclic) bond motifs is 1. The monoisotopic (exact) mass is 530 g/mol. The normalized spacial score (nSPS) is 11.8. The summed E-state index contributed by atoms with van der Waals surface area (Å²) in [6.45, 7) is 5.86. The molecule has 0 aliphatic carbocycles. The number of anilines is 1. The average Bonchev–Trinajstić information content (AvgIpc) is 3.47. The maximum atomic E-state index is 13.1. The number of nitrogens with one attached hydrogen (secondary N) is 1. The first kappa shape index (κ1) is 25.2. The van der Waals surface area contributed by atoms with Gasteiger partial charge < -0.3 is 5.32 Å². The van der Waals surface area contributed by atoms with E-state index in [0.717, 1.165) is 21.1 Å². The van der Waals surface area contributed by atoms with Crippen LogP contribution in [-0.2, 0) is 10.0 Å². The summed E-state index contributed by atoms with van der Waals surface area (Å²) < 4.78 is 29.1. The Kier molecular flexibility index (Phi) is 6.29. The Bertz CT molecular complexity index is 1790. The maximum absolute atomic E-state index is 13.1. The fourth-order valence-corrected chi connectivity index (χ4v) is 5.05. The van der Waals surface area contributed by atoms with Crippen LogP contribution in [-0.4, -0.2) is 62.3 Å². The first-order valence-corrected chi connectivity index (χ1v) is 13.2. The summed E-state index contributed by atoms with van der Waals surface area (Å²) in [5.41, 5.74) is 4.68. The highest BCUT2D eigenvalue weighted by Gasteiger charge is 2.20. The SMILES string of the molecule is Cc1ccc(-n2ncc3c(-n4nc(C)cc4NC(=O)c4ccc(S(=O)(=O)N(C)C)cc4)ncnc32)c(C)c1. The zero-order valence-electron chi connectivity index (χ0n) is 21.5. The number of aryl methyl sites for hydroxylation is 3. The third kappa shape index (κ3) is 4.44. The zero-order chi connectivity index (χ0) is 27.2. The number of sulfonamides is 1. The number of rotatable bonds is 6. The third-order valence-corrected chi connectivity index (χ3v) is 7.92. The molecular formula is C26H26N8O3S. The van der Waals surface area contributed by atoms with Crippen LogP contribution in [0.3, 0.4) is 0 Å². The second kappa shape index (κ2) is 9.47. The second-order valence-electron chi connectivity index (χ2n) is 9.13. The van der Waals surface area contributed by atoms with Crippen molar-refractivity contribution in [2.24, 2.45) is 0 Å². The van der Waals surface area contributed by atoms with Gasteiger partial charge in [0.25, 0.3) is 5.91 Å². The smallest absolute Gasteiger partial charge is 0.256 e. The Morgan fingerprint density at radius 3 is 2.37 bits per heavy atom. The number of hydrogen-bond donors (Lipinski definition) is 1. The fraction of sp³-hybridized carbons (Fsp3) is 0.192. The molecule has 1 amide bonds. The quantitative estimate of drug-likeness (QED) is 0.356. The highest BCUT2D eigenvalue weighted by Crippen LogP contribution is 2.26. The summed E-state index contributed by atoms with van der Waals surface area (Å²) in [6, 6.07) is 13.6. The molecule has 5 rings (SSSR count). The molecule has 0 fully saturated rings. The molecule has 0 bridgehead atoms. The van der Waals surface area contributed by atoms with Crippen molar-refractivity contribution in [3.63, 3.8) is 0 Å². The van der Waals surface area contributed by atoms with E-state index in [-0.39, 0.29) is 4.90 Å². The van der Waals surface area contributed by atoms with E-state index in [2.05, 4.69) is 31.5 Å². The highest BCUT2D eigenvalue weighted by molar-refractivity contribution is 7.89. The number of aromatic nitrogens is 6.